The summed E-state index contributed by atoms with van der Waals surface area (Å²) in [6.45, 7) is 4.14. The van der Waals surface area contributed by atoms with Crippen LogP contribution in [0.2, 0.25) is 0 Å². The summed E-state index contributed by atoms with van der Waals surface area (Å²) >= 11 is 0. The molecule has 178 valence electrons. The van der Waals surface area contributed by atoms with Crippen molar-refractivity contribution in [2.45, 2.75) is 31.5 Å². The maximum absolute atomic E-state index is 13.9. The molecule has 3 aliphatic heterocycles. The van der Waals surface area contributed by atoms with Crippen LogP contribution in [0.4, 0.5) is 19.0 Å². The zero-order valence-corrected chi connectivity index (χ0v) is 18.3. The Kier molecular flexibility index (Phi) is 6.15. The molecule has 11 heteroatoms. The average molecular weight is 464 g/mol. The molecule has 2 aromatic rings. The van der Waals surface area contributed by atoms with Crippen LogP contribution in [0.1, 0.15) is 24.8 Å². The lowest BCUT2D eigenvalue weighted by Crippen LogP contribution is -2.46. The van der Waals surface area contributed by atoms with Crippen molar-refractivity contribution in [1.82, 2.24) is 25.9 Å². The Labute approximate surface area is 189 Å². The number of pyridine rings is 1. The largest absolute Gasteiger partial charge is 0.416 e. The molecule has 1 atom stereocenters. The van der Waals surface area contributed by atoms with Gasteiger partial charge in [0.15, 0.2) is 5.96 Å². The van der Waals surface area contributed by atoms with Gasteiger partial charge in [0.05, 0.1) is 31.0 Å². The van der Waals surface area contributed by atoms with Gasteiger partial charge < -0.3 is 30.6 Å². The Morgan fingerprint density at radius 3 is 2.79 bits per heavy atom. The van der Waals surface area contributed by atoms with Crippen molar-refractivity contribution in [3.8, 4) is 0 Å². The zero-order chi connectivity index (χ0) is 22.8. The monoisotopic (exact) mass is 463 g/mol. The minimum absolute atomic E-state index is 0.0268. The van der Waals surface area contributed by atoms with Gasteiger partial charge in [0, 0.05) is 36.3 Å². The second kappa shape index (κ2) is 9.22. The van der Waals surface area contributed by atoms with E-state index in [1.54, 1.807) is 6.20 Å². The van der Waals surface area contributed by atoms with E-state index in [0.717, 1.165) is 51.3 Å². The molecule has 0 radical (unpaired) electrons. The molecule has 5 heterocycles. The van der Waals surface area contributed by atoms with E-state index in [1.807, 2.05) is 12.1 Å². The van der Waals surface area contributed by atoms with E-state index in [0.29, 0.717) is 35.8 Å². The Bertz CT molecular complexity index is 1050. The van der Waals surface area contributed by atoms with Gasteiger partial charge in [-0.1, -0.05) is 0 Å². The van der Waals surface area contributed by atoms with Gasteiger partial charge in [-0.15, -0.1) is 0 Å². The average Bonchev–Trinajstić information content (AvgIpc) is 3.07. The van der Waals surface area contributed by atoms with Gasteiger partial charge >= 0.3 is 6.18 Å². The number of alkyl halides is 3. The van der Waals surface area contributed by atoms with Gasteiger partial charge in [-0.3, -0.25) is 0 Å². The number of aromatic nitrogens is 2. The number of hydrogen-bond donors (Lipinski definition) is 4. The molecule has 33 heavy (non-hydrogen) atoms. The number of H-pyrrole nitrogens is 1. The van der Waals surface area contributed by atoms with E-state index < -0.39 is 18.3 Å². The summed E-state index contributed by atoms with van der Waals surface area (Å²) in [4.78, 5) is 14.0. The smallest absolute Gasteiger partial charge is 0.378 e. The van der Waals surface area contributed by atoms with E-state index >= 15 is 0 Å². The maximum atomic E-state index is 13.9. The van der Waals surface area contributed by atoms with Crippen LogP contribution in [0.5, 0.6) is 0 Å². The van der Waals surface area contributed by atoms with Gasteiger partial charge in [-0.2, -0.15) is 13.2 Å². The van der Waals surface area contributed by atoms with Crippen molar-refractivity contribution < 1.29 is 17.9 Å². The first-order valence-corrected chi connectivity index (χ1v) is 11.4. The molecule has 0 aromatic carbocycles. The predicted octanol–water partition coefficient (Wildman–Crippen LogP) is 2.36. The molecule has 4 N–H and O–H groups in total. The van der Waals surface area contributed by atoms with Crippen LogP contribution in [0.25, 0.3) is 16.7 Å². The molecule has 3 aliphatic rings. The van der Waals surface area contributed by atoms with Gasteiger partial charge in [0.1, 0.15) is 11.5 Å². The number of morpholine rings is 1. The number of aromatic amines is 1. The summed E-state index contributed by atoms with van der Waals surface area (Å²) in [7, 11) is 0. The third-order valence-electron chi connectivity index (χ3n) is 6.33. The third kappa shape index (κ3) is 4.79. The molecular weight excluding hydrogens is 435 g/mol. The highest BCUT2D eigenvalue weighted by atomic mass is 19.4. The Balaban J connectivity index is 1.43. The molecule has 0 bridgehead atoms. The SMILES string of the molecule is FC(F)(F)C1=C(c2c[nH]c3nc(N4CCOCC4)ccc23)NC(NC2CCCNCC2)=NC1. The van der Waals surface area contributed by atoms with Gasteiger partial charge in [-0.25, -0.2) is 9.98 Å². The highest BCUT2D eigenvalue weighted by Crippen LogP contribution is 2.35. The Morgan fingerprint density at radius 1 is 1.12 bits per heavy atom. The lowest BCUT2D eigenvalue weighted by molar-refractivity contribution is -0.0918. The maximum Gasteiger partial charge on any atom is 0.416 e. The molecule has 5 rings (SSSR count). The van der Waals surface area contributed by atoms with Crippen LogP contribution in [-0.4, -0.2) is 74.1 Å². The van der Waals surface area contributed by atoms with Crippen LogP contribution in [0, 0.1) is 0 Å². The van der Waals surface area contributed by atoms with Crippen LogP contribution in [0.3, 0.4) is 0 Å². The summed E-state index contributed by atoms with van der Waals surface area (Å²) in [5, 5.41) is 10.2. The highest BCUT2D eigenvalue weighted by molar-refractivity contribution is 5.99. The molecule has 0 spiro atoms. The second-order valence-electron chi connectivity index (χ2n) is 8.53. The van der Waals surface area contributed by atoms with Crippen molar-refractivity contribution in [2.24, 2.45) is 4.99 Å². The van der Waals surface area contributed by atoms with E-state index in [-0.39, 0.29) is 11.7 Å². The van der Waals surface area contributed by atoms with Crippen molar-refractivity contribution in [2.75, 3.05) is 50.8 Å². The van der Waals surface area contributed by atoms with E-state index in [1.165, 1.54) is 0 Å². The number of aliphatic imine (C=N–C) groups is 1. The molecule has 2 saturated heterocycles. The number of fused-ring (bicyclic) bond motifs is 1. The van der Waals surface area contributed by atoms with E-state index in [4.69, 9.17) is 4.74 Å². The number of hydrogen-bond acceptors (Lipinski definition) is 7. The number of nitrogens with one attached hydrogen (secondary N) is 4. The van der Waals surface area contributed by atoms with Crippen molar-refractivity contribution in [1.29, 1.82) is 0 Å². The first-order chi connectivity index (χ1) is 16.0. The fourth-order valence-corrected chi connectivity index (χ4v) is 4.54. The minimum Gasteiger partial charge on any atom is -0.378 e. The molecule has 1 unspecified atom stereocenters. The lowest BCUT2D eigenvalue weighted by Gasteiger charge is -2.28. The highest BCUT2D eigenvalue weighted by Gasteiger charge is 2.39. The number of halogens is 3. The number of guanidine groups is 1. The standard InChI is InChI=1S/C22H28F3N7O/c23-22(24,25)17-13-28-21(29-14-2-1-6-26-7-5-14)31-19(17)16-12-27-20-15(16)3-4-18(30-20)32-8-10-33-11-9-32/h3-4,12,14,26H,1-2,5-11,13H2,(H,27,30)(H2,28,29,31). The van der Waals surface area contributed by atoms with Gasteiger partial charge in [0.2, 0.25) is 0 Å². The lowest BCUT2D eigenvalue weighted by atomic mass is 10.0. The van der Waals surface area contributed by atoms with Gasteiger partial charge in [-0.05, 0) is 44.5 Å². The molecule has 0 aliphatic carbocycles. The topological polar surface area (TPSA) is 89.6 Å². The molecule has 2 aromatic heterocycles. The van der Waals surface area contributed by atoms with Crippen LogP contribution in [-0.2, 0) is 4.74 Å². The molecule has 0 saturated carbocycles. The van der Waals surface area contributed by atoms with Crippen molar-refractivity contribution in [3.05, 3.63) is 29.5 Å². The van der Waals surface area contributed by atoms with Crippen molar-refractivity contribution >= 4 is 28.5 Å². The van der Waals surface area contributed by atoms with Gasteiger partial charge in [0.25, 0.3) is 0 Å². The summed E-state index contributed by atoms with van der Waals surface area (Å²) < 4.78 is 47.1. The first-order valence-electron chi connectivity index (χ1n) is 11.4. The molecular formula is C22H28F3N7O. The Hall–Kier alpha value is -2.79. The fraction of sp³-hybridized carbons (Fsp3) is 0.545. The number of ether oxygens (including phenoxy) is 1. The molecule has 0 amide bonds. The predicted molar refractivity (Wildman–Crippen MR) is 121 cm³/mol. The van der Waals surface area contributed by atoms with Crippen LogP contribution in [0.15, 0.2) is 28.9 Å². The van der Waals surface area contributed by atoms with Crippen LogP contribution < -0.4 is 20.9 Å². The minimum atomic E-state index is -4.49. The summed E-state index contributed by atoms with van der Waals surface area (Å²) in [6, 6.07) is 3.85. The zero-order valence-electron chi connectivity index (χ0n) is 18.3. The Morgan fingerprint density at radius 2 is 1.97 bits per heavy atom. The number of nitrogens with zero attached hydrogens (tertiary/aromatic N) is 3. The van der Waals surface area contributed by atoms with E-state index in [9.17, 15) is 13.2 Å². The second-order valence-corrected chi connectivity index (χ2v) is 8.53. The summed E-state index contributed by atoms with van der Waals surface area (Å²) in [5.74, 6) is 1.17. The normalized spacial score (nSPS) is 22.7. The summed E-state index contributed by atoms with van der Waals surface area (Å²) in [6.07, 6.45) is -0.0455. The van der Waals surface area contributed by atoms with E-state index in [2.05, 4.69) is 35.8 Å². The third-order valence-corrected chi connectivity index (χ3v) is 6.33. The first kappa shape index (κ1) is 22.0. The van der Waals surface area contributed by atoms with Crippen LogP contribution >= 0.6 is 0 Å². The molecule has 8 nitrogen and oxygen atoms in total. The van der Waals surface area contributed by atoms with Crippen molar-refractivity contribution in [3.63, 3.8) is 0 Å². The molecule has 2 fully saturated rings. The fourth-order valence-electron chi connectivity index (χ4n) is 4.54. The number of rotatable bonds is 3. The number of anilines is 1. The summed E-state index contributed by atoms with van der Waals surface area (Å²) in [5.41, 5.74) is 0.333. The quantitative estimate of drug-likeness (QED) is 0.559.